The molecule has 0 radical (unpaired) electrons. The lowest BCUT2D eigenvalue weighted by Crippen LogP contribution is -2.06. The Bertz CT molecular complexity index is 748. The van der Waals surface area contributed by atoms with Crippen molar-refractivity contribution in [2.45, 2.75) is 13.5 Å². The third-order valence-corrected chi connectivity index (χ3v) is 3.14. The topological polar surface area (TPSA) is 78.9 Å². The van der Waals surface area contributed by atoms with Gasteiger partial charge in [-0.2, -0.15) is 0 Å². The number of fused-ring (bicyclic) bond motifs is 1. The number of aryl methyl sites for hydroxylation is 1. The van der Waals surface area contributed by atoms with Crippen molar-refractivity contribution in [2.24, 2.45) is 0 Å². The second-order valence-corrected chi connectivity index (χ2v) is 4.56. The molecule has 102 valence electrons. The molecule has 0 bridgehead atoms. The van der Waals surface area contributed by atoms with Crippen LogP contribution in [0.25, 0.3) is 11.0 Å². The molecule has 6 nitrogen and oxygen atoms in total. The number of hydrogen-bond donors (Lipinski definition) is 1. The van der Waals surface area contributed by atoms with Gasteiger partial charge in [0.2, 0.25) is 5.95 Å². The van der Waals surface area contributed by atoms with Crippen molar-refractivity contribution in [1.29, 1.82) is 0 Å². The highest BCUT2D eigenvalue weighted by atomic mass is 16.5. The Labute approximate surface area is 116 Å². The van der Waals surface area contributed by atoms with Crippen LogP contribution >= 0.6 is 0 Å². The zero-order valence-corrected chi connectivity index (χ0v) is 11.4. The van der Waals surface area contributed by atoms with E-state index in [2.05, 4.69) is 15.0 Å². The van der Waals surface area contributed by atoms with Gasteiger partial charge in [-0.25, -0.2) is 4.98 Å². The summed E-state index contributed by atoms with van der Waals surface area (Å²) in [5, 5.41) is 0. The summed E-state index contributed by atoms with van der Waals surface area (Å²) in [6, 6.07) is 5.67. The number of anilines is 1. The molecule has 1 aromatic carbocycles. The summed E-state index contributed by atoms with van der Waals surface area (Å²) < 4.78 is 7.14. The van der Waals surface area contributed by atoms with Gasteiger partial charge in [-0.15, -0.1) is 0 Å². The van der Waals surface area contributed by atoms with Gasteiger partial charge in [0.25, 0.3) is 0 Å². The van der Waals surface area contributed by atoms with Crippen LogP contribution < -0.4 is 10.5 Å². The van der Waals surface area contributed by atoms with Crippen LogP contribution in [0.2, 0.25) is 0 Å². The van der Waals surface area contributed by atoms with Gasteiger partial charge in [-0.1, -0.05) is 0 Å². The van der Waals surface area contributed by atoms with E-state index in [1.54, 1.807) is 19.5 Å². The maximum atomic E-state index is 5.99. The average molecular weight is 269 g/mol. The zero-order chi connectivity index (χ0) is 14.1. The Balaban J connectivity index is 2.05. The van der Waals surface area contributed by atoms with E-state index in [-0.39, 0.29) is 0 Å². The van der Waals surface area contributed by atoms with Crippen molar-refractivity contribution in [3.8, 4) is 5.75 Å². The fourth-order valence-electron chi connectivity index (χ4n) is 2.08. The monoisotopic (exact) mass is 269 g/mol. The Kier molecular flexibility index (Phi) is 2.98. The molecule has 0 saturated heterocycles. The Hall–Kier alpha value is -2.63. The number of imidazole rings is 1. The van der Waals surface area contributed by atoms with Gasteiger partial charge in [0, 0.05) is 12.3 Å². The number of hydrogen-bond acceptors (Lipinski definition) is 5. The smallest absolute Gasteiger partial charge is 0.201 e. The molecule has 2 N–H and O–H groups in total. The standard InChI is InChI=1S/C14H15N5O/c1-9-6-17-10(7-16-9)8-19-13-5-11(20-2)3-4-12(13)18-14(19)15/h3-7H,8H2,1-2H3,(H2,15,18). The first kappa shape index (κ1) is 12.4. The maximum Gasteiger partial charge on any atom is 0.201 e. The zero-order valence-electron chi connectivity index (χ0n) is 11.4. The quantitative estimate of drug-likeness (QED) is 0.784. The van der Waals surface area contributed by atoms with Crippen molar-refractivity contribution in [2.75, 3.05) is 12.8 Å². The first-order valence-electron chi connectivity index (χ1n) is 6.24. The number of nitrogens with zero attached hydrogens (tertiary/aromatic N) is 4. The molecule has 6 heteroatoms. The first-order valence-corrected chi connectivity index (χ1v) is 6.24. The summed E-state index contributed by atoms with van der Waals surface area (Å²) in [4.78, 5) is 12.9. The fraction of sp³-hybridized carbons (Fsp3) is 0.214. The molecule has 0 aliphatic rings. The predicted molar refractivity (Wildman–Crippen MR) is 76.6 cm³/mol. The molecule has 3 rings (SSSR count). The molecule has 0 fully saturated rings. The molecule has 0 unspecified atom stereocenters. The number of benzene rings is 1. The summed E-state index contributed by atoms with van der Waals surface area (Å²) in [7, 11) is 1.64. The molecule has 0 saturated carbocycles. The lowest BCUT2D eigenvalue weighted by Gasteiger charge is -2.06. The van der Waals surface area contributed by atoms with Crippen molar-refractivity contribution in [3.63, 3.8) is 0 Å². The molecule has 3 aromatic rings. The first-order chi connectivity index (χ1) is 9.67. The SMILES string of the molecule is COc1ccc2nc(N)n(Cc3cnc(C)cn3)c2c1. The molecule has 0 atom stereocenters. The van der Waals surface area contributed by atoms with Gasteiger partial charge in [0.05, 0.1) is 42.3 Å². The van der Waals surface area contributed by atoms with Crippen LogP contribution in [0.15, 0.2) is 30.6 Å². The average Bonchev–Trinajstić information content (AvgIpc) is 2.77. The number of rotatable bonds is 3. The molecule has 0 spiro atoms. The predicted octanol–water partition coefficient (Wildman–Crippen LogP) is 1.77. The van der Waals surface area contributed by atoms with Crippen LogP contribution in [-0.4, -0.2) is 26.6 Å². The van der Waals surface area contributed by atoms with Crippen molar-refractivity contribution in [3.05, 3.63) is 42.0 Å². The largest absolute Gasteiger partial charge is 0.497 e. The highest BCUT2D eigenvalue weighted by Crippen LogP contribution is 2.23. The Morgan fingerprint density at radius 2 is 2.10 bits per heavy atom. The molecule has 2 heterocycles. The van der Waals surface area contributed by atoms with E-state index in [1.807, 2.05) is 29.7 Å². The minimum absolute atomic E-state index is 0.454. The molecule has 20 heavy (non-hydrogen) atoms. The number of nitrogens with two attached hydrogens (primary N) is 1. The van der Waals surface area contributed by atoms with Crippen molar-refractivity contribution < 1.29 is 4.74 Å². The molecular weight excluding hydrogens is 254 g/mol. The van der Waals surface area contributed by atoms with Gasteiger partial charge in [0.1, 0.15) is 5.75 Å². The van der Waals surface area contributed by atoms with Crippen LogP contribution in [0.5, 0.6) is 5.75 Å². The van der Waals surface area contributed by atoms with Crippen LogP contribution in [0.1, 0.15) is 11.4 Å². The van der Waals surface area contributed by atoms with E-state index in [0.717, 1.165) is 28.2 Å². The van der Waals surface area contributed by atoms with Crippen molar-refractivity contribution in [1.82, 2.24) is 19.5 Å². The van der Waals surface area contributed by atoms with Gasteiger partial charge in [0.15, 0.2) is 0 Å². The molecule has 0 aliphatic heterocycles. The molecule has 2 aromatic heterocycles. The van der Waals surface area contributed by atoms with Crippen molar-refractivity contribution >= 4 is 17.0 Å². The van der Waals surface area contributed by atoms with E-state index in [9.17, 15) is 0 Å². The van der Waals surface area contributed by atoms with E-state index < -0.39 is 0 Å². The van der Waals surface area contributed by atoms with Gasteiger partial charge >= 0.3 is 0 Å². The van der Waals surface area contributed by atoms with Crippen LogP contribution in [0, 0.1) is 6.92 Å². The van der Waals surface area contributed by atoms with Gasteiger partial charge < -0.3 is 15.0 Å². The molecule has 0 amide bonds. The third-order valence-electron chi connectivity index (χ3n) is 3.14. The van der Waals surface area contributed by atoms with E-state index in [4.69, 9.17) is 10.5 Å². The summed E-state index contributed by atoms with van der Waals surface area (Å²) in [5.41, 5.74) is 9.47. The lowest BCUT2D eigenvalue weighted by molar-refractivity contribution is 0.415. The van der Waals surface area contributed by atoms with Crippen LogP contribution in [0.4, 0.5) is 5.95 Å². The minimum atomic E-state index is 0.454. The molecule has 0 aliphatic carbocycles. The van der Waals surface area contributed by atoms with Gasteiger partial charge in [-0.3, -0.25) is 9.97 Å². The van der Waals surface area contributed by atoms with E-state index in [1.165, 1.54) is 0 Å². The lowest BCUT2D eigenvalue weighted by atomic mass is 10.3. The number of aromatic nitrogens is 4. The fourth-order valence-corrected chi connectivity index (χ4v) is 2.08. The summed E-state index contributed by atoms with van der Waals surface area (Å²) >= 11 is 0. The Morgan fingerprint density at radius 3 is 2.80 bits per heavy atom. The second-order valence-electron chi connectivity index (χ2n) is 4.56. The van der Waals surface area contributed by atoms with E-state index in [0.29, 0.717) is 12.5 Å². The Morgan fingerprint density at radius 1 is 1.25 bits per heavy atom. The minimum Gasteiger partial charge on any atom is -0.497 e. The maximum absolute atomic E-state index is 5.99. The highest BCUT2D eigenvalue weighted by molar-refractivity contribution is 5.80. The van der Waals surface area contributed by atoms with Crippen LogP contribution in [-0.2, 0) is 6.54 Å². The summed E-state index contributed by atoms with van der Waals surface area (Å²) in [5.74, 6) is 1.23. The van der Waals surface area contributed by atoms with Gasteiger partial charge in [-0.05, 0) is 19.1 Å². The third kappa shape index (κ3) is 2.16. The number of methoxy groups -OCH3 is 1. The number of ether oxygens (including phenoxy) is 1. The van der Waals surface area contributed by atoms with E-state index >= 15 is 0 Å². The summed E-state index contributed by atoms with van der Waals surface area (Å²) in [6.45, 7) is 2.44. The normalized spacial score (nSPS) is 10.9. The summed E-state index contributed by atoms with van der Waals surface area (Å²) in [6.07, 6.45) is 3.49. The highest BCUT2D eigenvalue weighted by Gasteiger charge is 2.10. The molecular formula is C14H15N5O. The number of nitrogen functional groups attached to an aromatic ring is 1. The van der Waals surface area contributed by atoms with Crippen LogP contribution in [0.3, 0.4) is 0 Å². The second kappa shape index (κ2) is 4.80.